The molecule has 0 aromatic rings. The van der Waals surface area contributed by atoms with E-state index in [9.17, 15) is 19.2 Å². The molecular weight excluding hydrogens is 501 g/mol. The fraction of sp³-hybridized carbons (Fsp3) is 0.600. The van der Waals surface area contributed by atoms with Gasteiger partial charge in [0.25, 0.3) is 0 Å². The first-order valence-corrected chi connectivity index (χ1v) is 5.24. The molecule has 9 heteroatoms. The van der Waals surface area contributed by atoms with Gasteiger partial charge in [-0.1, -0.05) is 0 Å². The van der Waals surface area contributed by atoms with E-state index in [0.717, 1.165) is 0 Å². The van der Waals surface area contributed by atoms with Crippen molar-refractivity contribution >= 4 is 23.9 Å². The van der Waals surface area contributed by atoms with Crippen molar-refractivity contribution in [3.63, 3.8) is 0 Å². The minimum Gasteiger partial charge on any atom is -0.481 e. The third-order valence-corrected chi connectivity index (χ3v) is 2.04. The molecule has 0 rings (SSSR count). The van der Waals surface area contributed by atoms with Crippen molar-refractivity contribution in [2.24, 2.45) is 0 Å². The van der Waals surface area contributed by atoms with Crippen molar-refractivity contribution in [1.82, 2.24) is 10.6 Å². The molecule has 0 bridgehead atoms. The van der Waals surface area contributed by atoms with E-state index < -0.39 is 42.8 Å². The third kappa shape index (κ3) is 8.00. The maximum Gasteiger partial charge on any atom is 0.310 e. The average Bonchev–Trinajstić information content (AvgIpc) is 2.31. The maximum atomic E-state index is 11.4. The molecule has 0 unspecified atom stereocenters. The fourth-order valence-corrected chi connectivity index (χ4v) is 1.02. The van der Waals surface area contributed by atoms with Crippen LogP contribution in [0.4, 0.5) is 0 Å². The summed E-state index contributed by atoms with van der Waals surface area (Å²) in [5.74, 6) is -2.36. The molecule has 1 amide bonds. The Bertz CT molecular complexity index is 336. The van der Waals surface area contributed by atoms with E-state index in [-0.39, 0.29) is 6.54 Å². The molecule has 0 heterocycles. The summed E-state index contributed by atoms with van der Waals surface area (Å²) in [4.78, 5) is 43.1. The van der Waals surface area contributed by atoms with Crippen LogP contribution in [0.25, 0.3) is 0 Å². The van der Waals surface area contributed by atoms with Gasteiger partial charge in [-0.2, -0.15) is 0 Å². The van der Waals surface area contributed by atoms with E-state index in [4.69, 9.17) is 10.2 Å². The molecule has 0 saturated carbocycles. The fourth-order valence-electron chi connectivity index (χ4n) is 1.02. The van der Waals surface area contributed by atoms with Gasteiger partial charge in [0.2, 0.25) is 5.91 Å². The van der Waals surface area contributed by atoms with Gasteiger partial charge in [-0.3, -0.25) is 19.7 Å². The second-order valence-electron chi connectivity index (χ2n) is 3.65. The number of aliphatic hydroxyl groups is 1. The van der Waals surface area contributed by atoms with Gasteiger partial charge in [0, 0.05) is 0 Å². The van der Waals surface area contributed by atoms with Gasteiger partial charge >= 0.3 is 5.97 Å². The molecule has 0 spiro atoms. The van der Waals surface area contributed by atoms with Crippen molar-refractivity contribution in [2.75, 3.05) is 13.2 Å². The monoisotopic (exact) mass is 517 g/mol. The Morgan fingerprint density at radius 1 is 1.32 bits per heavy atom. The van der Waals surface area contributed by atoms with E-state index in [2.05, 4.69) is 10.6 Å². The first-order valence-electron chi connectivity index (χ1n) is 5.24. The SMILES string of the molecule is C[C@@H](NCC(=O)CC(=O)O)C(=O)N[C@@H](C=O)CO.[Fm]. The van der Waals surface area contributed by atoms with Gasteiger partial charge in [-0.05, 0) is 6.92 Å². The number of rotatable bonds is 9. The summed E-state index contributed by atoms with van der Waals surface area (Å²) >= 11 is 0. The number of carboxylic acid groups (broad SMARTS) is 1. The van der Waals surface area contributed by atoms with E-state index >= 15 is 0 Å². The zero-order chi connectivity index (χ0) is 14.1. The summed E-state index contributed by atoms with van der Waals surface area (Å²) in [7, 11) is 0. The molecule has 0 radical (unpaired) electrons. The van der Waals surface area contributed by atoms with Crippen LogP contribution in [0.15, 0.2) is 0 Å². The average molecular weight is 517 g/mol. The molecule has 0 aliphatic rings. The van der Waals surface area contributed by atoms with Crippen molar-refractivity contribution in [3.05, 3.63) is 0 Å². The van der Waals surface area contributed by atoms with E-state index in [1.54, 1.807) is 0 Å². The van der Waals surface area contributed by atoms with Gasteiger partial charge in [0.05, 0.1) is 19.2 Å². The standard InChI is InChI=1S/C10H16N2O6.Fm/c1-6(10(18)12-7(4-13)5-14)11-3-8(15)2-9(16)17;/h4,6-7,11,14H,2-3,5H2,1H3,(H,12,18)(H,16,17);/t6-,7+;/m1./s1. The molecule has 0 aromatic heterocycles. The summed E-state index contributed by atoms with van der Waals surface area (Å²) < 4.78 is 0. The molecule has 19 heavy (non-hydrogen) atoms. The van der Waals surface area contributed by atoms with E-state index in [1.165, 1.54) is 6.92 Å². The summed E-state index contributed by atoms with van der Waals surface area (Å²) in [6.45, 7) is 0.675. The molecule has 2 atom stereocenters. The first-order chi connectivity index (χ1) is 8.40. The number of Topliss-reactive ketones (excluding diaryl/α,β-unsaturated/α-hetero) is 1. The number of aliphatic carboxylic acids is 1. The van der Waals surface area contributed by atoms with Crippen LogP contribution in [0.2, 0.25) is 0 Å². The number of hydrogen-bond acceptors (Lipinski definition) is 6. The van der Waals surface area contributed by atoms with E-state index in [1.807, 2.05) is 0 Å². The van der Waals surface area contributed by atoms with Crippen molar-refractivity contribution in [1.29, 1.82) is 0 Å². The zero-order valence-electron chi connectivity index (χ0n) is 10.2. The number of nitrogens with one attached hydrogen (secondary N) is 2. The van der Waals surface area contributed by atoms with Gasteiger partial charge in [-0.15, -0.1) is 0 Å². The number of aliphatic hydroxyl groups excluding tert-OH is 1. The number of amides is 1. The van der Waals surface area contributed by atoms with Crippen LogP contribution in [-0.2, 0) is 19.2 Å². The molecule has 0 saturated heterocycles. The molecule has 114 valence electrons. The molecule has 8 nitrogen and oxygen atoms in total. The molecule has 0 aromatic carbocycles. The number of carbonyl (C=O) groups excluding carboxylic acids is 3. The number of carboxylic acids is 1. The summed E-state index contributed by atoms with van der Waals surface area (Å²) in [6, 6.07) is -1.77. The summed E-state index contributed by atoms with van der Waals surface area (Å²) in [5.41, 5.74) is 0. The topological polar surface area (TPSA) is 133 Å². The van der Waals surface area contributed by atoms with Crippen molar-refractivity contribution in [3.8, 4) is 0 Å². The number of hydrogen-bond donors (Lipinski definition) is 4. The molecule has 0 aliphatic carbocycles. The first kappa shape index (κ1) is 18.6. The number of aldehydes is 1. The predicted octanol–water partition coefficient (Wildman–Crippen LogP) is -2.32. The van der Waals surface area contributed by atoms with Crippen LogP contribution in [0.5, 0.6) is 0 Å². The van der Waals surface area contributed by atoms with Crippen LogP contribution in [0.1, 0.15) is 13.3 Å². The quantitative estimate of drug-likeness (QED) is 0.200. The smallest absolute Gasteiger partial charge is 0.310 e. The van der Waals surface area contributed by atoms with Crippen molar-refractivity contribution < 1.29 is 29.4 Å². The minimum atomic E-state index is -1.24. The normalized spacial score (nSPS) is 12.7. The van der Waals surface area contributed by atoms with Crippen molar-refractivity contribution in [2.45, 2.75) is 25.4 Å². The Morgan fingerprint density at radius 2 is 1.89 bits per heavy atom. The van der Waals surface area contributed by atoms with Gasteiger partial charge < -0.3 is 20.3 Å². The van der Waals surface area contributed by atoms with Crippen LogP contribution in [0.3, 0.4) is 0 Å². The third-order valence-electron chi connectivity index (χ3n) is 2.04. The minimum absolute atomic E-state index is 0. The zero-order valence-corrected chi connectivity index (χ0v) is 12.6. The van der Waals surface area contributed by atoms with Crippen LogP contribution < -0.4 is 10.6 Å². The second kappa shape index (κ2) is 9.25. The Kier molecular flexibility index (Phi) is 9.04. The van der Waals surface area contributed by atoms with Crippen LogP contribution in [-0.4, -0.2) is 59.4 Å². The Morgan fingerprint density at radius 3 is 2.32 bits per heavy atom. The molecule has 0 fully saturated rings. The maximum absolute atomic E-state index is 11.4. The van der Waals surface area contributed by atoms with Crippen LogP contribution >= 0.6 is 0 Å². The number of carbonyl (C=O) groups is 4. The Balaban J connectivity index is 0. The largest absolute Gasteiger partial charge is 0.481 e. The molecular formula is C10H16FmN2O6. The van der Waals surface area contributed by atoms with E-state index in [0.29, 0.717) is 6.29 Å². The predicted molar refractivity (Wildman–Crippen MR) is 59.8 cm³/mol. The summed E-state index contributed by atoms with van der Waals surface area (Å²) in [5, 5.41) is 21.8. The Labute approximate surface area is 103 Å². The van der Waals surface area contributed by atoms with Gasteiger partial charge in [0.15, 0.2) is 5.78 Å². The molecule has 0 aliphatic heterocycles. The summed E-state index contributed by atoms with van der Waals surface area (Å²) in [6.07, 6.45) is -0.227. The van der Waals surface area contributed by atoms with Crippen LogP contribution in [0, 0.1) is 0 Å². The Hall–Kier alpha value is -2.80. The van der Waals surface area contributed by atoms with Gasteiger partial charge in [-0.25, -0.2) is 0 Å². The number of ketones is 1. The van der Waals surface area contributed by atoms with Gasteiger partial charge in [0.1, 0.15) is 18.7 Å². The molecule has 4 N–H and O–H groups in total. The second-order valence-corrected chi connectivity index (χ2v) is 3.65.